The van der Waals surface area contributed by atoms with Gasteiger partial charge in [-0.25, -0.2) is 0 Å². The topological polar surface area (TPSA) is 86.1 Å². The third-order valence-electron chi connectivity index (χ3n) is 5.16. The highest BCUT2D eigenvalue weighted by molar-refractivity contribution is 8.00. The van der Waals surface area contributed by atoms with E-state index >= 15 is 0 Å². The summed E-state index contributed by atoms with van der Waals surface area (Å²) in [5.41, 5.74) is 2.05. The molecule has 1 N–H and O–H groups in total. The molecule has 1 fully saturated rings. The Morgan fingerprint density at radius 2 is 2.00 bits per heavy atom. The second-order valence-corrected chi connectivity index (χ2v) is 8.77. The van der Waals surface area contributed by atoms with E-state index in [1.807, 2.05) is 37.3 Å². The molecular formula is C22H20N4O3S. The molecule has 2 aromatic carbocycles. The van der Waals surface area contributed by atoms with Gasteiger partial charge in [0.1, 0.15) is 11.6 Å². The zero-order valence-corrected chi connectivity index (χ0v) is 17.2. The average Bonchev–Trinajstić information content (AvgIpc) is 3.53. The summed E-state index contributed by atoms with van der Waals surface area (Å²) < 4.78 is 7.43. The van der Waals surface area contributed by atoms with Gasteiger partial charge >= 0.3 is 0 Å². The fourth-order valence-corrected chi connectivity index (χ4v) is 4.42. The third-order valence-corrected chi connectivity index (χ3v) is 6.21. The van der Waals surface area contributed by atoms with E-state index in [0.29, 0.717) is 28.1 Å². The molecule has 5 rings (SSSR count). The number of rotatable bonds is 6. The number of ether oxygens (including phenoxy) is 1. The summed E-state index contributed by atoms with van der Waals surface area (Å²) in [6.45, 7) is 1.85. The van der Waals surface area contributed by atoms with Gasteiger partial charge in [-0.2, -0.15) is 0 Å². The summed E-state index contributed by atoms with van der Waals surface area (Å²) in [7, 11) is 0. The van der Waals surface area contributed by atoms with Crippen LogP contribution < -0.4 is 10.1 Å². The van der Waals surface area contributed by atoms with Crippen LogP contribution >= 0.6 is 11.8 Å². The van der Waals surface area contributed by atoms with Crippen molar-refractivity contribution in [2.45, 2.75) is 36.1 Å². The van der Waals surface area contributed by atoms with Crippen molar-refractivity contribution in [1.29, 1.82) is 0 Å². The standard InChI is InChI=1S/C22H20N4O3S/c1-13(20(28)15-9-10-18-17(11-15)23-19(27)12-29-18)30-22-25-24-21(14-7-8-14)26(22)16-5-3-2-4-6-16/h2-6,9-11,13-14H,7-8,12H2,1H3,(H,23,27)/t13-/m0/s1. The van der Waals surface area contributed by atoms with Crippen molar-refractivity contribution in [2.24, 2.45) is 0 Å². The van der Waals surface area contributed by atoms with Crippen molar-refractivity contribution in [3.63, 3.8) is 0 Å². The van der Waals surface area contributed by atoms with E-state index in [4.69, 9.17) is 4.74 Å². The van der Waals surface area contributed by atoms with E-state index in [-0.39, 0.29) is 23.5 Å². The van der Waals surface area contributed by atoms with E-state index in [9.17, 15) is 9.59 Å². The van der Waals surface area contributed by atoms with Gasteiger partial charge in [0.15, 0.2) is 17.5 Å². The Bertz CT molecular complexity index is 1120. The smallest absolute Gasteiger partial charge is 0.262 e. The third kappa shape index (κ3) is 3.59. The lowest BCUT2D eigenvalue weighted by Crippen LogP contribution is -2.25. The average molecular weight is 420 g/mol. The van der Waals surface area contributed by atoms with Crippen molar-refractivity contribution in [2.75, 3.05) is 11.9 Å². The first-order valence-corrected chi connectivity index (χ1v) is 10.8. The van der Waals surface area contributed by atoms with Crippen LogP contribution in [0.25, 0.3) is 5.69 Å². The number of aromatic nitrogens is 3. The van der Waals surface area contributed by atoms with Gasteiger partial charge in [-0.1, -0.05) is 30.0 Å². The second kappa shape index (κ2) is 7.60. The Balaban J connectivity index is 1.41. The number of thioether (sulfide) groups is 1. The number of ketones is 1. The number of amides is 1. The van der Waals surface area contributed by atoms with Gasteiger partial charge in [-0.3, -0.25) is 14.2 Å². The van der Waals surface area contributed by atoms with E-state index in [0.717, 1.165) is 24.4 Å². The molecule has 0 radical (unpaired) electrons. The Hall–Kier alpha value is -3.13. The molecule has 1 aromatic heterocycles. The van der Waals surface area contributed by atoms with Gasteiger partial charge in [-0.05, 0) is 50.1 Å². The summed E-state index contributed by atoms with van der Waals surface area (Å²) in [6.07, 6.45) is 2.24. The number of carbonyl (C=O) groups excluding carboxylic acids is 2. The van der Waals surface area contributed by atoms with Crippen molar-refractivity contribution in [3.8, 4) is 11.4 Å². The molecule has 7 nitrogen and oxygen atoms in total. The Morgan fingerprint density at radius 1 is 1.20 bits per heavy atom. The molecule has 152 valence electrons. The summed E-state index contributed by atoms with van der Waals surface area (Å²) in [6, 6.07) is 15.1. The zero-order valence-electron chi connectivity index (χ0n) is 16.4. The molecule has 1 atom stereocenters. The number of hydrogen-bond acceptors (Lipinski definition) is 6. The maximum absolute atomic E-state index is 13.1. The number of nitrogens with one attached hydrogen (secondary N) is 1. The molecule has 1 saturated carbocycles. The number of nitrogens with zero attached hydrogens (tertiary/aromatic N) is 3. The van der Waals surface area contributed by atoms with Crippen LogP contribution in [0.1, 0.15) is 41.9 Å². The predicted octanol–water partition coefficient (Wildman–Crippen LogP) is 3.84. The highest BCUT2D eigenvalue weighted by Gasteiger charge is 2.32. The first-order valence-electron chi connectivity index (χ1n) is 9.88. The summed E-state index contributed by atoms with van der Waals surface area (Å²) >= 11 is 1.39. The molecule has 1 aliphatic carbocycles. The van der Waals surface area contributed by atoms with Crippen molar-refractivity contribution < 1.29 is 14.3 Å². The van der Waals surface area contributed by atoms with Gasteiger partial charge in [0.2, 0.25) is 0 Å². The van der Waals surface area contributed by atoms with Gasteiger partial charge in [0, 0.05) is 17.2 Å². The number of hydrogen-bond donors (Lipinski definition) is 1. The molecule has 2 aliphatic rings. The molecule has 8 heteroatoms. The molecular weight excluding hydrogens is 400 g/mol. The lowest BCUT2D eigenvalue weighted by molar-refractivity contribution is -0.118. The number of carbonyl (C=O) groups is 2. The molecule has 0 saturated heterocycles. The van der Waals surface area contributed by atoms with E-state index in [2.05, 4.69) is 20.1 Å². The first kappa shape index (κ1) is 18.9. The van der Waals surface area contributed by atoms with Crippen LogP contribution in [-0.2, 0) is 4.79 Å². The molecule has 1 amide bonds. The predicted molar refractivity (Wildman–Crippen MR) is 114 cm³/mol. The van der Waals surface area contributed by atoms with Crippen molar-refractivity contribution >= 4 is 29.1 Å². The van der Waals surface area contributed by atoms with Crippen LogP contribution in [0.15, 0.2) is 53.7 Å². The van der Waals surface area contributed by atoms with E-state index < -0.39 is 0 Å². The van der Waals surface area contributed by atoms with E-state index in [1.54, 1.807) is 18.2 Å². The molecule has 2 heterocycles. The van der Waals surface area contributed by atoms with Crippen LogP contribution in [0.5, 0.6) is 5.75 Å². The molecule has 3 aromatic rings. The summed E-state index contributed by atoms with van der Waals surface area (Å²) in [5, 5.41) is 11.9. The fourth-order valence-electron chi connectivity index (χ4n) is 3.47. The molecule has 0 spiro atoms. The number of Topliss-reactive ketones (excluding diaryl/α,β-unsaturated/α-hetero) is 1. The monoisotopic (exact) mass is 420 g/mol. The summed E-state index contributed by atoms with van der Waals surface area (Å²) in [5.74, 6) is 1.69. The zero-order chi connectivity index (χ0) is 20.7. The highest BCUT2D eigenvalue weighted by Crippen LogP contribution is 2.41. The Morgan fingerprint density at radius 3 is 2.77 bits per heavy atom. The van der Waals surface area contributed by atoms with Gasteiger partial charge in [0.05, 0.1) is 10.9 Å². The number of para-hydroxylation sites is 1. The minimum Gasteiger partial charge on any atom is -0.482 e. The van der Waals surface area contributed by atoms with Crippen LogP contribution in [0.3, 0.4) is 0 Å². The largest absolute Gasteiger partial charge is 0.482 e. The summed E-state index contributed by atoms with van der Waals surface area (Å²) in [4.78, 5) is 24.7. The number of anilines is 1. The Kier molecular flexibility index (Phi) is 4.78. The molecule has 0 unspecified atom stereocenters. The maximum Gasteiger partial charge on any atom is 0.262 e. The lowest BCUT2D eigenvalue weighted by atomic mass is 10.1. The fraction of sp³-hybridized carbons (Fsp3) is 0.273. The SMILES string of the molecule is C[C@H](Sc1nnc(C2CC2)n1-c1ccccc1)C(=O)c1ccc2c(c1)NC(=O)CO2. The molecule has 30 heavy (non-hydrogen) atoms. The quantitative estimate of drug-likeness (QED) is 0.482. The van der Waals surface area contributed by atoms with Crippen LogP contribution in [0.4, 0.5) is 5.69 Å². The number of fused-ring (bicyclic) bond motifs is 1. The number of benzene rings is 2. The highest BCUT2D eigenvalue weighted by atomic mass is 32.2. The lowest BCUT2D eigenvalue weighted by Gasteiger charge is -2.19. The maximum atomic E-state index is 13.1. The van der Waals surface area contributed by atoms with Crippen LogP contribution in [-0.4, -0.2) is 38.3 Å². The van der Waals surface area contributed by atoms with Crippen LogP contribution in [0, 0.1) is 0 Å². The van der Waals surface area contributed by atoms with Gasteiger partial charge in [-0.15, -0.1) is 10.2 Å². The van der Waals surface area contributed by atoms with Crippen molar-refractivity contribution in [1.82, 2.24) is 14.8 Å². The Labute approximate surface area is 177 Å². The molecule has 1 aliphatic heterocycles. The first-order chi connectivity index (χ1) is 14.6. The second-order valence-electron chi connectivity index (χ2n) is 7.46. The van der Waals surface area contributed by atoms with Crippen LogP contribution in [0.2, 0.25) is 0 Å². The minimum absolute atomic E-state index is 0.00891. The van der Waals surface area contributed by atoms with Gasteiger partial charge in [0.25, 0.3) is 5.91 Å². The minimum atomic E-state index is -0.373. The normalized spacial score (nSPS) is 16.4. The van der Waals surface area contributed by atoms with Gasteiger partial charge < -0.3 is 10.1 Å². The van der Waals surface area contributed by atoms with Crippen molar-refractivity contribution in [3.05, 3.63) is 59.9 Å². The van der Waals surface area contributed by atoms with E-state index in [1.165, 1.54) is 11.8 Å². The molecule has 0 bridgehead atoms.